The number of methoxy groups -OCH3 is 1. The van der Waals surface area contributed by atoms with E-state index in [-0.39, 0.29) is 11.4 Å². The quantitative estimate of drug-likeness (QED) is 0.273. The molecular formula is C27H29N3O5S2. The molecule has 0 aliphatic carbocycles. The van der Waals surface area contributed by atoms with E-state index in [1.807, 2.05) is 35.8 Å². The van der Waals surface area contributed by atoms with Gasteiger partial charge in [0.1, 0.15) is 11.3 Å². The van der Waals surface area contributed by atoms with Crippen LogP contribution in [0, 0.1) is 0 Å². The number of hydrogen-bond acceptors (Lipinski definition) is 6. The van der Waals surface area contributed by atoms with Crippen molar-refractivity contribution in [2.24, 2.45) is 4.99 Å². The summed E-state index contributed by atoms with van der Waals surface area (Å²) < 4.78 is 41.8. The average molecular weight is 540 g/mol. The van der Waals surface area contributed by atoms with Gasteiger partial charge in [-0.1, -0.05) is 35.6 Å². The van der Waals surface area contributed by atoms with E-state index in [1.165, 1.54) is 39.9 Å². The maximum Gasteiger partial charge on any atom is 0.279 e. The maximum absolute atomic E-state index is 13.3. The molecule has 10 heteroatoms. The second kappa shape index (κ2) is 11.7. The van der Waals surface area contributed by atoms with Crippen LogP contribution in [-0.2, 0) is 21.3 Å². The van der Waals surface area contributed by atoms with Crippen molar-refractivity contribution in [3.05, 3.63) is 83.2 Å². The Morgan fingerprint density at radius 2 is 1.73 bits per heavy atom. The van der Waals surface area contributed by atoms with Gasteiger partial charge in [-0.2, -0.15) is 4.99 Å². The number of amides is 1. The lowest BCUT2D eigenvalue weighted by molar-refractivity contribution is 0.0996. The van der Waals surface area contributed by atoms with E-state index in [1.54, 1.807) is 38.3 Å². The molecule has 37 heavy (non-hydrogen) atoms. The fraction of sp³-hybridized carbons (Fsp3) is 0.259. The van der Waals surface area contributed by atoms with Crippen molar-refractivity contribution in [2.45, 2.75) is 25.3 Å². The number of carbonyl (C=O) groups excluding carboxylic acids is 1. The Kier molecular flexibility index (Phi) is 8.42. The topological polar surface area (TPSA) is 90.2 Å². The van der Waals surface area contributed by atoms with E-state index in [2.05, 4.69) is 4.99 Å². The molecular weight excluding hydrogens is 510 g/mol. The van der Waals surface area contributed by atoms with Crippen molar-refractivity contribution < 1.29 is 22.7 Å². The molecule has 4 aromatic rings. The molecule has 4 rings (SSSR count). The third kappa shape index (κ3) is 5.61. The van der Waals surface area contributed by atoms with E-state index in [4.69, 9.17) is 9.47 Å². The molecule has 0 aliphatic heterocycles. The molecule has 8 nitrogen and oxygen atoms in total. The Bertz CT molecular complexity index is 1540. The van der Waals surface area contributed by atoms with Crippen LogP contribution in [0.3, 0.4) is 0 Å². The van der Waals surface area contributed by atoms with Gasteiger partial charge >= 0.3 is 0 Å². The summed E-state index contributed by atoms with van der Waals surface area (Å²) >= 11 is 1.38. The zero-order valence-corrected chi connectivity index (χ0v) is 22.6. The van der Waals surface area contributed by atoms with Crippen LogP contribution < -0.4 is 13.8 Å². The third-order valence-electron chi connectivity index (χ3n) is 5.77. The molecule has 194 valence electrons. The number of aromatic nitrogens is 1. The van der Waals surface area contributed by atoms with Crippen LogP contribution in [0.15, 0.2) is 82.7 Å². The minimum atomic E-state index is -3.79. The molecule has 0 N–H and O–H groups in total. The molecule has 1 aromatic heterocycles. The van der Waals surface area contributed by atoms with E-state index < -0.39 is 15.9 Å². The van der Waals surface area contributed by atoms with Gasteiger partial charge in [0.05, 0.1) is 29.0 Å². The first kappa shape index (κ1) is 26.6. The van der Waals surface area contributed by atoms with Crippen LogP contribution in [0.5, 0.6) is 5.75 Å². The Labute approximate surface area is 220 Å². The van der Waals surface area contributed by atoms with Crippen LogP contribution in [0.1, 0.15) is 24.2 Å². The number of hydrogen-bond donors (Lipinski definition) is 0. The van der Waals surface area contributed by atoms with Gasteiger partial charge in [0.2, 0.25) is 0 Å². The van der Waals surface area contributed by atoms with E-state index in [0.717, 1.165) is 10.2 Å². The summed E-state index contributed by atoms with van der Waals surface area (Å²) in [4.78, 5) is 18.1. The molecule has 0 bridgehead atoms. The van der Waals surface area contributed by atoms with Crippen LogP contribution in [0.4, 0.5) is 5.69 Å². The molecule has 0 atom stereocenters. The Morgan fingerprint density at radius 3 is 2.38 bits per heavy atom. The summed E-state index contributed by atoms with van der Waals surface area (Å²) in [5.41, 5.74) is 1.72. The Morgan fingerprint density at radius 1 is 1.00 bits per heavy atom. The van der Waals surface area contributed by atoms with Gasteiger partial charge in [0.25, 0.3) is 15.9 Å². The number of anilines is 1. The van der Waals surface area contributed by atoms with Gasteiger partial charge in [0.15, 0.2) is 4.80 Å². The second-order valence-electron chi connectivity index (χ2n) is 7.99. The number of carbonyl (C=O) groups is 1. The molecule has 0 aliphatic rings. The summed E-state index contributed by atoms with van der Waals surface area (Å²) in [7, 11) is -2.18. The van der Waals surface area contributed by atoms with Crippen LogP contribution >= 0.6 is 11.3 Å². The third-order valence-corrected chi connectivity index (χ3v) is 8.73. The number of sulfonamides is 1. The number of rotatable bonds is 10. The predicted octanol–water partition coefficient (Wildman–Crippen LogP) is 4.70. The van der Waals surface area contributed by atoms with Crippen molar-refractivity contribution in [2.75, 3.05) is 31.2 Å². The van der Waals surface area contributed by atoms with Gasteiger partial charge in [-0.15, -0.1) is 0 Å². The highest BCUT2D eigenvalue weighted by Gasteiger charge is 2.23. The Hall–Kier alpha value is -3.47. The lowest BCUT2D eigenvalue weighted by atomic mass is 10.2. The van der Waals surface area contributed by atoms with Crippen molar-refractivity contribution >= 4 is 43.2 Å². The van der Waals surface area contributed by atoms with E-state index in [0.29, 0.717) is 41.6 Å². The fourth-order valence-corrected chi connectivity index (χ4v) is 6.53. The number of nitrogens with zero attached hydrogens (tertiary/aromatic N) is 3. The van der Waals surface area contributed by atoms with Crippen molar-refractivity contribution in [3.63, 3.8) is 0 Å². The minimum Gasteiger partial charge on any atom is -0.495 e. The summed E-state index contributed by atoms with van der Waals surface area (Å²) in [5.74, 6) is 0.225. The molecule has 1 amide bonds. The minimum absolute atomic E-state index is 0.105. The zero-order chi connectivity index (χ0) is 26.4. The summed E-state index contributed by atoms with van der Waals surface area (Å²) in [6.07, 6.45) is 0. The lowest BCUT2D eigenvalue weighted by Crippen LogP contribution is -2.30. The molecule has 0 saturated heterocycles. The monoisotopic (exact) mass is 539 g/mol. The van der Waals surface area contributed by atoms with Gasteiger partial charge in [-0.05, 0) is 62.4 Å². The molecule has 0 fully saturated rings. The summed E-state index contributed by atoms with van der Waals surface area (Å²) in [6.45, 7) is 5.53. The number of para-hydroxylation sites is 2. The number of benzene rings is 3. The van der Waals surface area contributed by atoms with E-state index >= 15 is 0 Å². The van der Waals surface area contributed by atoms with E-state index in [9.17, 15) is 13.2 Å². The first-order valence-corrected chi connectivity index (χ1v) is 14.2. The molecule has 3 aromatic carbocycles. The highest BCUT2D eigenvalue weighted by atomic mass is 32.2. The Balaban J connectivity index is 1.67. The predicted molar refractivity (Wildman–Crippen MR) is 146 cm³/mol. The molecule has 1 heterocycles. The molecule has 0 spiro atoms. The van der Waals surface area contributed by atoms with Gasteiger partial charge in [-0.3, -0.25) is 9.10 Å². The van der Waals surface area contributed by atoms with Crippen LogP contribution in [0.2, 0.25) is 0 Å². The van der Waals surface area contributed by atoms with Crippen molar-refractivity contribution in [1.29, 1.82) is 0 Å². The number of thiazole rings is 1. The first-order chi connectivity index (χ1) is 17.9. The fourth-order valence-electron chi connectivity index (χ4n) is 3.99. The lowest BCUT2D eigenvalue weighted by Gasteiger charge is -2.22. The van der Waals surface area contributed by atoms with Crippen molar-refractivity contribution in [3.8, 4) is 5.75 Å². The summed E-state index contributed by atoms with van der Waals surface area (Å²) in [5, 5.41) is 0. The average Bonchev–Trinajstić information content (AvgIpc) is 3.26. The highest BCUT2D eigenvalue weighted by Crippen LogP contribution is 2.27. The zero-order valence-electron chi connectivity index (χ0n) is 21.0. The van der Waals surface area contributed by atoms with Gasteiger partial charge < -0.3 is 14.0 Å². The summed E-state index contributed by atoms with van der Waals surface area (Å²) in [6, 6.07) is 20.5. The smallest absolute Gasteiger partial charge is 0.279 e. The normalized spacial score (nSPS) is 12.1. The SMILES string of the molecule is CCOCCn1c(=NC(=O)c2ccc(S(=O)(=O)N(CC)c3ccccc3)cc2)sc2cccc(OC)c21. The van der Waals surface area contributed by atoms with Crippen LogP contribution in [-0.4, -0.2) is 45.8 Å². The number of ether oxygens (including phenoxy) is 2. The standard InChI is InChI=1S/C27H29N3O5S2/c1-4-30(21-10-7-6-8-11-21)37(32,33)22-16-14-20(15-17-22)26(31)28-27-29(18-19-35-5-2)25-23(34-3)12-9-13-24(25)36-27/h6-17H,4-5,18-19H2,1-3H3. The molecule has 0 radical (unpaired) electrons. The molecule has 0 saturated carbocycles. The molecule has 0 unspecified atom stereocenters. The second-order valence-corrected chi connectivity index (χ2v) is 10.9. The largest absolute Gasteiger partial charge is 0.495 e. The highest BCUT2D eigenvalue weighted by molar-refractivity contribution is 7.92. The van der Waals surface area contributed by atoms with Crippen LogP contribution in [0.25, 0.3) is 10.2 Å². The number of fused-ring (bicyclic) bond motifs is 1. The first-order valence-electron chi connectivity index (χ1n) is 11.9. The maximum atomic E-state index is 13.3. The van der Waals surface area contributed by atoms with Gasteiger partial charge in [0, 0.05) is 25.3 Å². The van der Waals surface area contributed by atoms with Crippen molar-refractivity contribution in [1.82, 2.24) is 4.57 Å². The van der Waals surface area contributed by atoms with Gasteiger partial charge in [-0.25, -0.2) is 8.42 Å².